The summed E-state index contributed by atoms with van der Waals surface area (Å²) in [6.45, 7) is 12.7. The minimum atomic E-state index is 0. The fraction of sp³-hybridized carbons (Fsp3) is 0.619. The predicted molar refractivity (Wildman–Crippen MR) is 113 cm³/mol. The van der Waals surface area contributed by atoms with E-state index in [1.54, 1.807) is 0 Å². The second-order valence-electron chi connectivity index (χ2n) is 5.73. The average molecular weight is 395 g/mol. The summed E-state index contributed by atoms with van der Waals surface area (Å²) in [7, 11) is 0. The van der Waals surface area contributed by atoms with Gasteiger partial charge in [0.1, 0.15) is 0 Å². The molecular formula is C21H47O3Ti-5. The Morgan fingerprint density at radius 2 is 0.960 bits per heavy atom. The van der Waals surface area contributed by atoms with Crippen molar-refractivity contribution in [3.63, 3.8) is 0 Å². The minimum Gasteiger partial charge on any atom is -0.396 e. The molecular weight excluding hydrogens is 348 g/mol. The van der Waals surface area contributed by atoms with Crippen LogP contribution in [0.25, 0.3) is 0 Å². The second-order valence-corrected chi connectivity index (χ2v) is 5.73. The van der Waals surface area contributed by atoms with Crippen LogP contribution in [0.4, 0.5) is 0 Å². The Morgan fingerprint density at radius 1 is 0.720 bits per heavy atom. The average Bonchev–Trinajstić information content (AvgIpc) is 2.99. The van der Waals surface area contributed by atoms with E-state index >= 15 is 0 Å². The Bertz CT molecular complexity index is 184. The molecule has 0 bridgehead atoms. The van der Waals surface area contributed by atoms with Crippen LogP contribution in [-0.2, 0) is 21.7 Å². The molecule has 1 rings (SSSR count). The summed E-state index contributed by atoms with van der Waals surface area (Å²) in [4.78, 5) is 0. The molecule has 0 saturated carbocycles. The van der Waals surface area contributed by atoms with Gasteiger partial charge < -0.3 is 45.0 Å². The number of aliphatic hydroxyl groups excluding tert-OH is 3. The largest absolute Gasteiger partial charge is 0.396 e. The van der Waals surface area contributed by atoms with Gasteiger partial charge in [-0.15, -0.1) is 6.42 Å². The normalized spacial score (nSPS) is 9.28. The smallest absolute Gasteiger partial charge is 0.0453 e. The van der Waals surface area contributed by atoms with Gasteiger partial charge in [-0.05, 0) is 17.8 Å². The van der Waals surface area contributed by atoms with Crippen LogP contribution in [0.1, 0.15) is 48.0 Å². The predicted octanol–water partition coefficient (Wildman–Crippen LogP) is 5.01. The van der Waals surface area contributed by atoms with Crippen molar-refractivity contribution in [3.05, 3.63) is 54.0 Å². The third-order valence-corrected chi connectivity index (χ3v) is 1.68. The van der Waals surface area contributed by atoms with E-state index < -0.39 is 0 Å². The van der Waals surface area contributed by atoms with Gasteiger partial charge in [0.2, 0.25) is 0 Å². The molecule has 0 aliphatic heterocycles. The van der Waals surface area contributed by atoms with Crippen molar-refractivity contribution in [1.29, 1.82) is 0 Å². The number of rotatable bonds is 3. The van der Waals surface area contributed by atoms with E-state index in [4.69, 9.17) is 15.3 Å². The van der Waals surface area contributed by atoms with Gasteiger partial charge in [0.15, 0.2) is 0 Å². The quantitative estimate of drug-likeness (QED) is 0.465. The van der Waals surface area contributed by atoms with Crippen LogP contribution in [0.3, 0.4) is 0 Å². The molecule has 0 spiro atoms. The summed E-state index contributed by atoms with van der Waals surface area (Å²) < 4.78 is 0. The molecule has 3 nitrogen and oxygen atoms in total. The summed E-state index contributed by atoms with van der Waals surface area (Å²) >= 11 is 0. The first-order chi connectivity index (χ1) is 9.31. The van der Waals surface area contributed by atoms with Crippen LogP contribution in [-0.4, -0.2) is 35.1 Å². The summed E-state index contributed by atoms with van der Waals surface area (Å²) in [6.07, 6.45) is 10.0. The van der Waals surface area contributed by atoms with Gasteiger partial charge in [-0.2, -0.15) is 6.08 Å². The fourth-order valence-corrected chi connectivity index (χ4v) is 0.340. The van der Waals surface area contributed by atoms with Crippen molar-refractivity contribution in [3.8, 4) is 0 Å². The van der Waals surface area contributed by atoms with E-state index in [1.165, 1.54) is 0 Å². The molecule has 0 aromatic rings. The van der Waals surface area contributed by atoms with Crippen molar-refractivity contribution in [2.75, 3.05) is 19.8 Å². The number of allylic oxidation sites excluding steroid dienone is 4. The first-order valence-electron chi connectivity index (χ1n) is 7.35. The zero-order valence-electron chi connectivity index (χ0n) is 18.6. The van der Waals surface area contributed by atoms with Crippen LogP contribution >= 0.6 is 0 Å². The first-order valence-corrected chi connectivity index (χ1v) is 7.35. The molecule has 0 atom stereocenters. The molecule has 1 aliphatic carbocycles. The summed E-state index contributed by atoms with van der Waals surface area (Å²) in [5.74, 6) is 1.32. The van der Waals surface area contributed by atoms with Gasteiger partial charge >= 0.3 is 0 Å². The van der Waals surface area contributed by atoms with Gasteiger partial charge in [0.25, 0.3) is 0 Å². The molecule has 3 N–H and O–H groups in total. The van der Waals surface area contributed by atoms with Crippen LogP contribution in [0.5, 0.6) is 0 Å². The number of aliphatic hydroxyl groups is 3. The van der Waals surface area contributed by atoms with Crippen LogP contribution in [0.2, 0.25) is 0 Å². The number of hydrogen-bond donors (Lipinski definition) is 3. The van der Waals surface area contributed by atoms with E-state index in [9.17, 15) is 0 Å². The Balaban J connectivity index is -0.0000000241. The van der Waals surface area contributed by atoms with Crippen molar-refractivity contribution in [2.24, 2.45) is 17.8 Å². The Labute approximate surface area is 176 Å². The second kappa shape index (κ2) is 44.0. The Kier molecular flexibility index (Phi) is 87.7. The van der Waals surface area contributed by atoms with Gasteiger partial charge in [0.05, 0.1) is 0 Å². The molecule has 0 amide bonds. The van der Waals surface area contributed by atoms with E-state index in [1.807, 2.05) is 53.7 Å². The van der Waals surface area contributed by atoms with Crippen LogP contribution < -0.4 is 0 Å². The molecule has 158 valence electrons. The maximum Gasteiger partial charge on any atom is 0.0453 e. The Hall–Kier alpha value is 0.0743. The fourth-order valence-electron chi connectivity index (χ4n) is 0.340. The molecule has 4 heteroatoms. The molecule has 0 aromatic heterocycles. The van der Waals surface area contributed by atoms with Crippen molar-refractivity contribution in [2.45, 2.75) is 48.0 Å². The van der Waals surface area contributed by atoms with Gasteiger partial charge in [-0.3, -0.25) is 6.08 Å². The molecule has 0 fully saturated rings. The van der Waals surface area contributed by atoms with Crippen molar-refractivity contribution in [1.82, 2.24) is 0 Å². The molecule has 0 saturated heterocycles. The van der Waals surface area contributed by atoms with E-state index in [0.29, 0.717) is 37.6 Å². The van der Waals surface area contributed by atoms with E-state index in [0.717, 1.165) is 6.42 Å². The maximum absolute atomic E-state index is 8.14. The molecule has 1 aliphatic rings. The molecule has 25 heavy (non-hydrogen) atoms. The third kappa shape index (κ3) is 95.7. The maximum atomic E-state index is 8.14. The minimum absolute atomic E-state index is 0. The van der Waals surface area contributed by atoms with Crippen molar-refractivity contribution >= 4 is 0 Å². The monoisotopic (exact) mass is 395 g/mol. The molecule has 0 unspecified atom stereocenters. The van der Waals surface area contributed by atoms with Crippen LogP contribution in [0, 0.1) is 53.5 Å². The summed E-state index contributed by atoms with van der Waals surface area (Å²) in [5, 5.41) is 24.4. The van der Waals surface area contributed by atoms with Gasteiger partial charge in [-0.25, -0.2) is 12.2 Å². The standard InChI is InChI=1S/C5H5.3C4H10O.4CH3.Ti/c1-2-4-5-3-1;3*1-4(2)3-5;;;;;/h1-3H,4H2;3*4-5H,3H2,1-2H3;4*1H3;/q-1;;;;4*-1;. The number of hydrogen-bond acceptors (Lipinski definition) is 3. The molecule has 0 radical (unpaired) electrons. The summed E-state index contributed by atoms with van der Waals surface area (Å²) in [6, 6.07) is 0. The topological polar surface area (TPSA) is 60.7 Å². The van der Waals surface area contributed by atoms with Gasteiger partial charge in [0, 0.05) is 41.5 Å². The Morgan fingerprint density at radius 3 is 1.00 bits per heavy atom. The van der Waals surface area contributed by atoms with E-state index in [-0.39, 0.29) is 51.4 Å². The third-order valence-electron chi connectivity index (χ3n) is 1.68. The first kappa shape index (κ1) is 49.8. The molecule has 0 heterocycles. The molecule has 0 aromatic carbocycles. The van der Waals surface area contributed by atoms with E-state index in [2.05, 4.69) is 12.2 Å². The SMILES string of the molecule is CC(C)CO.CC(C)CO.CC(C)CO.[C-]1=CC=CC1.[CH3-].[CH3-].[CH3-].[CH3-].[Ti]. The summed E-state index contributed by atoms with van der Waals surface area (Å²) in [5.41, 5.74) is 0. The van der Waals surface area contributed by atoms with Crippen LogP contribution in [0.15, 0.2) is 18.2 Å². The zero-order valence-corrected chi connectivity index (χ0v) is 20.2. The van der Waals surface area contributed by atoms with Gasteiger partial charge in [-0.1, -0.05) is 41.5 Å². The van der Waals surface area contributed by atoms with Crippen molar-refractivity contribution < 1.29 is 37.0 Å². The zero-order chi connectivity index (χ0) is 16.4.